The number of amides is 2. The van der Waals surface area contributed by atoms with Crippen molar-refractivity contribution in [1.29, 1.82) is 0 Å². The number of halogens is 1. The van der Waals surface area contributed by atoms with E-state index in [1.165, 1.54) is 11.8 Å². The number of carbonyl (C=O) groups is 2. The summed E-state index contributed by atoms with van der Waals surface area (Å²) >= 11 is 7.12. The fraction of sp³-hybridized carbons (Fsp3) is 0.238. The van der Waals surface area contributed by atoms with Crippen LogP contribution in [0.5, 0.6) is 11.5 Å². The van der Waals surface area contributed by atoms with Gasteiger partial charge in [0.2, 0.25) is 12.7 Å². The maximum atomic E-state index is 12.6. The van der Waals surface area contributed by atoms with Crippen molar-refractivity contribution in [3.8, 4) is 11.5 Å². The number of thioether (sulfide) groups is 1. The number of nitrogens with one attached hydrogen (secondary N) is 2. The fourth-order valence-corrected chi connectivity index (χ4v) is 3.85. The highest BCUT2D eigenvalue weighted by atomic mass is 35.5. The highest BCUT2D eigenvalue weighted by Crippen LogP contribution is 2.34. The minimum absolute atomic E-state index is 0.174. The van der Waals surface area contributed by atoms with E-state index in [-0.39, 0.29) is 25.2 Å². The fourth-order valence-electron chi connectivity index (χ4n) is 2.89. The van der Waals surface area contributed by atoms with E-state index in [2.05, 4.69) is 20.8 Å². The van der Waals surface area contributed by atoms with Gasteiger partial charge in [-0.1, -0.05) is 23.4 Å². The number of hydrogen-bond acceptors (Lipinski definition) is 7. The number of anilines is 1. The van der Waals surface area contributed by atoms with Crippen molar-refractivity contribution in [3.63, 3.8) is 0 Å². The van der Waals surface area contributed by atoms with Crippen molar-refractivity contribution in [2.75, 3.05) is 12.1 Å². The minimum Gasteiger partial charge on any atom is -0.454 e. The Morgan fingerprint density at radius 1 is 1.16 bits per heavy atom. The lowest BCUT2D eigenvalue weighted by Crippen LogP contribution is -2.24. The summed E-state index contributed by atoms with van der Waals surface area (Å²) in [5.41, 5.74) is 1.12. The van der Waals surface area contributed by atoms with Crippen LogP contribution in [0.2, 0.25) is 5.02 Å². The number of fused-ring (bicyclic) bond motifs is 1. The molecule has 0 bridgehead atoms. The first kappa shape index (κ1) is 22.0. The Labute approximate surface area is 193 Å². The van der Waals surface area contributed by atoms with Crippen LogP contribution in [0.25, 0.3) is 0 Å². The smallest absolute Gasteiger partial charge is 0.251 e. The van der Waals surface area contributed by atoms with Gasteiger partial charge in [-0.15, -0.1) is 10.2 Å². The molecule has 0 aliphatic carbocycles. The molecule has 166 valence electrons. The zero-order valence-electron chi connectivity index (χ0n) is 17.3. The van der Waals surface area contributed by atoms with Gasteiger partial charge < -0.3 is 24.7 Å². The van der Waals surface area contributed by atoms with Crippen LogP contribution in [0.1, 0.15) is 23.1 Å². The van der Waals surface area contributed by atoms with Crippen molar-refractivity contribution in [2.45, 2.75) is 23.9 Å². The molecule has 0 fully saturated rings. The van der Waals surface area contributed by atoms with Crippen molar-refractivity contribution < 1.29 is 19.1 Å². The molecule has 1 aromatic heterocycles. The highest BCUT2D eigenvalue weighted by molar-refractivity contribution is 8.00. The molecule has 11 heteroatoms. The summed E-state index contributed by atoms with van der Waals surface area (Å²) in [6, 6.07) is 11.8. The molecule has 3 aromatic rings. The highest BCUT2D eigenvalue weighted by Gasteiger charge is 2.20. The maximum Gasteiger partial charge on any atom is 0.251 e. The molecule has 0 unspecified atom stereocenters. The van der Waals surface area contributed by atoms with Gasteiger partial charge in [-0.2, -0.15) is 0 Å². The van der Waals surface area contributed by atoms with Gasteiger partial charge in [0.25, 0.3) is 5.91 Å². The number of benzene rings is 2. The van der Waals surface area contributed by atoms with Crippen LogP contribution in [0.4, 0.5) is 5.69 Å². The first-order chi connectivity index (χ1) is 15.4. The van der Waals surface area contributed by atoms with E-state index in [0.717, 1.165) is 0 Å². The number of rotatable bonds is 7. The molecule has 2 aromatic carbocycles. The lowest BCUT2D eigenvalue weighted by atomic mass is 10.2. The Morgan fingerprint density at radius 2 is 1.91 bits per heavy atom. The molecule has 2 amide bonds. The molecule has 0 saturated heterocycles. The van der Waals surface area contributed by atoms with Crippen molar-refractivity contribution in [2.24, 2.45) is 7.05 Å². The van der Waals surface area contributed by atoms with E-state index in [0.29, 0.717) is 38.8 Å². The molecule has 1 aliphatic rings. The summed E-state index contributed by atoms with van der Waals surface area (Å²) in [7, 11) is 1.79. The third-order valence-corrected chi connectivity index (χ3v) is 6.12. The normalized spacial score (nSPS) is 13.0. The summed E-state index contributed by atoms with van der Waals surface area (Å²) < 4.78 is 12.4. The molecular weight excluding hydrogens is 454 g/mol. The van der Waals surface area contributed by atoms with Gasteiger partial charge in [-0.3, -0.25) is 9.59 Å². The van der Waals surface area contributed by atoms with Gasteiger partial charge in [-0.05, 0) is 43.3 Å². The zero-order chi connectivity index (χ0) is 22.7. The van der Waals surface area contributed by atoms with Crippen LogP contribution in [-0.2, 0) is 18.4 Å². The van der Waals surface area contributed by atoms with Gasteiger partial charge in [0, 0.05) is 29.4 Å². The third kappa shape index (κ3) is 4.97. The lowest BCUT2D eigenvalue weighted by Gasteiger charge is -2.12. The van der Waals surface area contributed by atoms with Gasteiger partial charge in [0.15, 0.2) is 22.5 Å². The Bertz CT molecular complexity index is 1150. The predicted octanol–water partition coefficient (Wildman–Crippen LogP) is 3.25. The first-order valence-electron chi connectivity index (χ1n) is 9.70. The average Bonchev–Trinajstić information content (AvgIpc) is 3.39. The second kappa shape index (κ2) is 9.49. The Hall–Kier alpha value is -3.24. The SMILES string of the molecule is C[C@@H](Sc1nnc(CNC(=O)c2ccc(Cl)cc2)n1C)C(=O)Nc1ccc2c(c1)OCO2. The lowest BCUT2D eigenvalue weighted by molar-refractivity contribution is -0.115. The van der Waals surface area contributed by atoms with Gasteiger partial charge in [0.05, 0.1) is 11.8 Å². The standard InChI is InChI=1S/C21H20ClN5O4S/c1-12(19(28)24-15-7-8-16-17(9-15)31-11-30-16)32-21-26-25-18(27(21)2)10-23-20(29)13-3-5-14(22)6-4-13/h3-9,12H,10-11H2,1-2H3,(H,23,29)(H,24,28)/t12-/m1/s1. The van der Waals surface area contributed by atoms with Gasteiger partial charge >= 0.3 is 0 Å². The molecule has 2 heterocycles. The van der Waals surface area contributed by atoms with Crippen LogP contribution in [0.15, 0.2) is 47.6 Å². The molecular formula is C21H20ClN5O4S. The van der Waals surface area contributed by atoms with E-state index in [9.17, 15) is 9.59 Å². The van der Waals surface area contributed by atoms with Crippen molar-refractivity contribution >= 4 is 40.9 Å². The van der Waals surface area contributed by atoms with E-state index < -0.39 is 5.25 Å². The molecule has 9 nitrogen and oxygen atoms in total. The van der Waals surface area contributed by atoms with Crippen LogP contribution in [0, 0.1) is 0 Å². The Kier molecular flexibility index (Phi) is 6.52. The third-order valence-electron chi connectivity index (χ3n) is 4.73. The summed E-state index contributed by atoms with van der Waals surface area (Å²) in [5, 5.41) is 14.6. The number of carbonyl (C=O) groups excluding carboxylic acids is 2. The Morgan fingerprint density at radius 3 is 2.69 bits per heavy atom. The quantitative estimate of drug-likeness (QED) is 0.507. The number of nitrogens with zero attached hydrogens (tertiary/aromatic N) is 3. The van der Waals surface area contributed by atoms with Crippen LogP contribution in [-0.4, -0.2) is 38.6 Å². The van der Waals surface area contributed by atoms with E-state index in [1.54, 1.807) is 61.0 Å². The summed E-state index contributed by atoms with van der Waals surface area (Å²) in [6.45, 7) is 2.15. The minimum atomic E-state index is -0.431. The molecule has 0 spiro atoms. The molecule has 0 saturated carbocycles. The molecule has 0 radical (unpaired) electrons. The zero-order valence-corrected chi connectivity index (χ0v) is 18.9. The van der Waals surface area contributed by atoms with Crippen LogP contribution >= 0.6 is 23.4 Å². The van der Waals surface area contributed by atoms with Crippen LogP contribution in [0.3, 0.4) is 0 Å². The summed E-state index contributed by atoms with van der Waals surface area (Å²) in [5.74, 6) is 1.39. The second-order valence-corrected chi connectivity index (χ2v) is 8.71. The number of ether oxygens (including phenoxy) is 2. The van der Waals surface area contributed by atoms with Gasteiger partial charge in [0.1, 0.15) is 0 Å². The van der Waals surface area contributed by atoms with Crippen molar-refractivity contribution in [1.82, 2.24) is 20.1 Å². The van der Waals surface area contributed by atoms with E-state index in [1.807, 2.05) is 0 Å². The van der Waals surface area contributed by atoms with Crippen molar-refractivity contribution in [3.05, 3.63) is 58.9 Å². The first-order valence-corrected chi connectivity index (χ1v) is 11.0. The number of aromatic nitrogens is 3. The van der Waals surface area contributed by atoms with Crippen LogP contribution < -0.4 is 20.1 Å². The summed E-state index contributed by atoms with van der Waals surface area (Å²) in [6.07, 6.45) is 0. The largest absolute Gasteiger partial charge is 0.454 e. The second-order valence-electron chi connectivity index (χ2n) is 6.96. The topological polar surface area (TPSA) is 107 Å². The van der Waals surface area contributed by atoms with E-state index in [4.69, 9.17) is 21.1 Å². The Balaban J connectivity index is 1.32. The van der Waals surface area contributed by atoms with E-state index >= 15 is 0 Å². The molecule has 2 N–H and O–H groups in total. The maximum absolute atomic E-state index is 12.6. The number of hydrogen-bond donors (Lipinski definition) is 2. The summed E-state index contributed by atoms with van der Waals surface area (Å²) in [4.78, 5) is 24.9. The molecule has 4 rings (SSSR count). The average molecular weight is 474 g/mol. The van der Waals surface area contributed by atoms with Gasteiger partial charge in [-0.25, -0.2) is 0 Å². The monoisotopic (exact) mass is 473 g/mol. The molecule has 1 atom stereocenters. The molecule has 32 heavy (non-hydrogen) atoms. The predicted molar refractivity (Wildman–Crippen MR) is 120 cm³/mol. The molecule has 1 aliphatic heterocycles.